The fraction of sp³-hybridized carbons (Fsp3) is 0.400. The fourth-order valence-corrected chi connectivity index (χ4v) is 1.33. The van der Waals surface area contributed by atoms with Crippen molar-refractivity contribution in [3.63, 3.8) is 0 Å². The van der Waals surface area contributed by atoms with Crippen LogP contribution in [0.3, 0.4) is 0 Å². The number of ether oxygens (including phenoxy) is 1. The molecule has 4 heteroatoms. The number of rotatable bonds is 3. The number of methoxy groups -OCH3 is 1. The molecule has 14 heavy (non-hydrogen) atoms. The Bertz CT molecular complexity index is 436. The van der Waals surface area contributed by atoms with Gasteiger partial charge < -0.3 is 4.74 Å². The van der Waals surface area contributed by atoms with Gasteiger partial charge in [-0.25, -0.2) is 9.50 Å². The van der Waals surface area contributed by atoms with Gasteiger partial charge >= 0.3 is 0 Å². The number of aryl methyl sites for hydroxylation is 1. The van der Waals surface area contributed by atoms with Gasteiger partial charge in [0.15, 0.2) is 11.5 Å². The summed E-state index contributed by atoms with van der Waals surface area (Å²) in [6.07, 6.45) is 2.69. The first kappa shape index (κ1) is 9.15. The molecule has 0 aliphatic heterocycles. The van der Waals surface area contributed by atoms with E-state index in [0.717, 1.165) is 17.9 Å². The predicted octanol–water partition coefficient (Wildman–Crippen LogP) is 1.23. The molecule has 0 atom stereocenters. The summed E-state index contributed by atoms with van der Waals surface area (Å²) in [6.45, 7) is 2.71. The molecule has 0 N–H and O–H groups in total. The van der Waals surface area contributed by atoms with Gasteiger partial charge in [0.2, 0.25) is 0 Å². The second kappa shape index (κ2) is 3.75. The van der Waals surface area contributed by atoms with Crippen LogP contribution in [0.25, 0.3) is 5.65 Å². The molecular weight excluding hydrogens is 178 g/mol. The molecule has 0 unspecified atom stereocenters. The van der Waals surface area contributed by atoms with Crippen molar-refractivity contribution < 1.29 is 4.74 Å². The molecule has 0 saturated carbocycles. The number of aromatic nitrogens is 3. The van der Waals surface area contributed by atoms with E-state index < -0.39 is 0 Å². The van der Waals surface area contributed by atoms with Crippen molar-refractivity contribution in [3.05, 3.63) is 29.7 Å². The van der Waals surface area contributed by atoms with E-state index in [-0.39, 0.29) is 0 Å². The summed E-state index contributed by atoms with van der Waals surface area (Å²) in [5, 5.41) is 4.32. The average Bonchev–Trinajstić information content (AvgIpc) is 2.56. The molecule has 0 saturated heterocycles. The first-order valence-corrected chi connectivity index (χ1v) is 4.60. The van der Waals surface area contributed by atoms with Gasteiger partial charge in [0.05, 0.1) is 6.61 Å². The van der Waals surface area contributed by atoms with Crippen LogP contribution < -0.4 is 0 Å². The number of hydrogen-bond acceptors (Lipinski definition) is 3. The summed E-state index contributed by atoms with van der Waals surface area (Å²) in [6, 6.07) is 4.03. The van der Waals surface area contributed by atoms with Gasteiger partial charge in [-0.05, 0) is 24.6 Å². The van der Waals surface area contributed by atoms with Crippen LogP contribution in [0.15, 0.2) is 18.3 Å². The van der Waals surface area contributed by atoms with Crippen molar-refractivity contribution in [2.75, 3.05) is 13.7 Å². The number of nitrogens with zero attached hydrogens (tertiary/aromatic N) is 3. The molecule has 0 radical (unpaired) electrons. The summed E-state index contributed by atoms with van der Waals surface area (Å²) in [7, 11) is 1.68. The second-order valence-corrected chi connectivity index (χ2v) is 3.28. The normalized spacial score (nSPS) is 11.0. The Labute approximate surface area is 82.5 Å². The van der Waals surface area contributed by atoms with E-state index >= 15 is 0 Å². The lowest BCUT2D eigenvalue weighted by Gasteiger charge is -1.91. The lowest BCUT2D eigenvalue weighted by molar-refractivity contribution is 0.200. The van der Waals surface area contributed by atoms with Gasteiger partial charge in [-0.2, -0.15) is 5.10 Å². The number of pyridine rings is 1. The lowest BCUT2D eigenvalue weighted by Crippen LogP contribution is -1.96. The maximum absolute atomic E-state index is 4.98. The van der Waals surface area contributed by atoms with Crippen LogP contribution in [0, 0.1) is 6.92 Å². The molecule has 0 bridgehead atoms. The van der Waals surface area contributed by atoms with Gasteiger partial charge in [-0.1, -0.05) is 0 Å². The smallest absolute Gasteiger partial charge is 0.155 e. The summed E-state index contributed by atoms with van der Waals surface area (Å²) in [4.78, 5) is 4.38. The van der Waals surface area contributed by atoms with Crippen LogP contribution in [0.2, 0.25) is 0 Å². The Morgan fingerprint density at radius 3 is 3.14 bits per heavy atom. The van der Waals surface area contributed by atoms with Crippen molar-refractivity contribution in [2.45, 2.75) is 13.3 Å². The van der Waals surface area contributed by atoms with Crippen LogP contribution >= 0.6 is 0 Å². The van der Waals surface area contributed by atoms with Gasteiger partial charge in [0.1, 0.15) is 0 Å². The van der Waals surface area contributed by atoms with Gasteiger partial charge in [0.25, 0.3) is 0 Å². The van der Waals surface area contributed by atoms with Crippen LogP contribution in [0.1, 0.15) is 11.4 Å². The average molecular weight is 191 g/mol. The van der Waals surface area contributed by atoms with Crippen LogP contribution in [-0.2, 0) is 11.2 Å². The van der Waals surface area contributed by atoms with Crippen molar-refractivity contribution >= 4 is 5.65 Å². The monoisotopic (exact) mass is 191 g/mol. The summed E-state index contributed by atoms with van der Waals surface area (Å²) >= 11 is 0. The molecule has 0 aromatic carbocycles. The van der Waals surface area contributed by atoms with Gasteiger partial charge in [0, 0.05) is 19.7 Å². The zero-order chi connectivity index (χ0) is 9.97. The molecule has 2 aromatic heterocycles. The first-order valence-electron chi connectivity index (χ1n) is 4.60. The Balaban J connectivity index is 2.32. The third kappa shape index (κ3) is 1.75. The highest BCUT2D eigenvalue weighted by atomic mass is 16.5. The van der Waals surface area contributed by atoms with Gasteiger partial charge in [-0.3, -0.25) is 0 Å². The molecular formula is C10H13N3O. The van der Waals surface area contributed by atoms with Gasteiger partial charge in [-0.15, -0.1) is 0 Å². The summed E-state index contributed by atoms with van der Waals surface area (Å²) < 4.78 is 6.77. The van der Waals surface area contributed by atoms with E-state index in [0.29, 0.717) is 6.61 Å². The molecule has 4 nitrogen and oxygen atoms in total. The molecule has 2 heterocycles. The Hall–Kier alpha value is -1.42. The molecule has 0 spiro atoms. The maximum Gasteiger partial charge on any atom is 0.155 e. The van der Waals surface area contributed by atoms with E-state index in [1.165, 1.54) is 5.56 Å². The number of hydrogen-bond donors (Lipinski definition) is 0. The van der Waals surface area contributed by atoms with E-state index in [1.807, 2.05) is 25.3 Å². The van der Waals surface area contributed by atoms with Crippen LogP contribution in [-0.4, -0.2) is 28.3 Å². The minimum Gasteiger partial charge on any atom is -0.384 e. The molecule has 74 valence electrons. The molecule has 0 fully saturated rings. The molecule has 0 amide bonds. The first-order chi connectivity index (χ1) is 6.79. The van der Waals surface area contributed by atoms with E-state index in [4.69, 9.17) is 4.74 Å². The highest BCUT2D eigenvalue weighted by molar-refractivity contribution is 5.39. The van der Waals surface area contributed by atoms with Crippen LogP contribution in [0.4, 0.5) is 0 Å². The quantitative estimate of drug-likeness (QED) is 0.732. The highest BCUT2D eigenvalue weighted by Crippen LogP contribution is 2.04. The van der Waals surface area contributed by atoms with Crippen LogP contribution in [0.5, 0.6) is 0 Å². The maximum atomic E-state index is 4.98. The summed E-state index contributed by atoms with van der Waals surface area (Å²) in [5.74, 6) is 0.831. The zero-order valence-corrected chi connectivity index (χ0v) is 8.40. The largest absolute Gasteiger partial charge is 0.384 e. The van der Waals surface area contributed by atoms with Crippen molar-refractivity contribution in [1.29, 1.82) is 0 Å². The Morgan fingerprint density at radius 1 is 1.50 bits per heavy atom. The molecule has 2 aromatic rings. The number of fused-ring (bicyclic) bond motifs is 1. The zero-order valence-electron chi connectivity index (χ0n) is 8.40. The Morgan fingerprint density at radius 2 is 2.36 bits per heavy atom. The minimum atomic E-state index is 0.663. The van der Waals surface area contributed by atoms with Crippen molar-refractivity contribution in [2.24, 2.45) is 0 Å². The molecule has 2 rings (SSSR count). The predicted molar refractivity (Wildman–Crippen MR) is 53.3 cm³/mol. The van der Waals surface area contributed by atoms with Crippen molar-refractivity contribution in [3.8, 4) is 0 Å². The molecule has 0 aliphatic rings. The summed E-state index contributed by atoms with van der Waals surface area (Å²) in [5.41, 5.74) is 2.10. The highest BCUT2D eigenvalue weighted by Gasteiger charge is 2.02. The van der Waals surface area contributed by atoms with Crippen molar-refractivity contribution in [1.82, 2.24) is 14.6 Å². The third-order valence-electron chi connectivity index (χ3n) is 2.07. The second-order valence-electron chi connectivity index (χ2n) is 3.28. The fourth-order valence-electron chi connectivity index (χ4n) is 1.33. The topological polar surface area (TPSA) is 39.4 Å². The van der Waals surface area contributed by atoms with E-state index in [2.05, 4.69) is 10.1 Å². The van der Waals surface area contributed by atoms with E-state index in [9.17, 15) is 0 Å². The molecule has 0 aliphatic carbocycles. The SMILES string of the molecule is COCCc1nc2cc(C)ccn2n1. The third-order valence-corrected chi connectivity index (χ3v) is 2.07. The minimum absolute atomic E-state index is 0.663. The van der Waals surface area contributed by atoms with E-state index in [1.54, 1.807) is 11.6 Å². The Kier molecular flexibility index (Phi) is 2.45. The standard InChI is InChI=1S/C10H13N3O/c1-8-3-5-13-10(7-8)11-9(12-13)4-6-14-2/h3,5,7H,4,6H2,1-2H3. The lowest BCUT2D eigenvalue weighted by atomic mass is 10.3.